The van der Waals surface area contributed by atoms with Crippen LogP contribution in [0.2, 0.25) is 5.02 Å². The summed E-state index contributed by atoms with van der Waals surface area (Å²) >= 11 is 6.41. The first kappa shape index (κ1) is 23.2. The van der Waals surface area contributed by atoms with Gasteiger partial charge in [-0.2, -0.15) is 4.31 Å². The van der Waals surface area contributed by atoms with Gasteiger partial charge in [-0.1, -0.05) is 11.6 Å². The van der Waals surface area contributed by atoms with Gasteiger partial charge in [0, 0.05) is 50.7 Å². The van der Waals surface area contributed by atoms with E-state index in [9.17, 15) is 22.0 Å². The van der Waals surface area contributed by atoms with Gasteiger partial charge in [0.25, 0.3) is 5.91 Å². The molecule has 0 aliphatic carbocycles. The van der Waals surface area contributed by atoms with Gasteiger partial charge in [-0.25, -0.2) is 17.2 Å². The van der Waals surface area contributed by atoms with Gasteiger partial charge in [-0.05, 0) is 30.3 Å². The summed E-state index contributed by atoms with van der Waals surface area (Å²) in [7, 11) is -2.72. The normalized spacial score (nSPS) is 15.0. The Labute approximate surface area is 194 Å². The molecule has 0 atom stereocenters. The van der Waals surface area contributed by atoms with E-state index in [0.717, 1.165) is 16.4 Å². The van der Waals surface area contributed by atoms with E-state index in [1.807, 2.05) is 24.5 Å². The van der Waals surface area contributed by atoms with E-state index in [4.69, 9.17) is 16.3 Å². The van der Waals surface area contributed by atoms with Crippen LogP contribution in [0.15, 0.2) is 59.8 Å². The minimum Gasteiger partial charge on any atom is -0.496 e. The number of methoxy groups -OCH3 is 1. The van der Waals surface area contributed by atoms with Crippen molar-refractivity contribution in [2.45, 2.75) is 4.90 Å². The number of rotatable bonds is 5. The highest BCUT2D eigenvalue weighted by Crippen LogP contribution is 2.31. The maximum absolute atomic E-state index is 14.0. The van der Waals surface area contributed by atoms with Crippen molar-refractivity contribution in [2.75, 3.05) is 33.3 Å². The lowest BCUT2D eigenvalue weighted by Crippen LogP contribution is -2.50. The van der Waals surface area contributed by atoms with Crippen LogP contribution in [0.3, 0.4) is 0 Å². The highest BCUT2D eigenvalue weighted by molar-refractivity contribution is 7.89. The third-order valence-electron chi connectivity index (χ3n) is 5.42. The molecule has 1 aliphatic rings. The Morgan fingerprint density at radius 1 is 1.03 bits per heavy atom. The Hall–Kier alpha value is -2.95. The first-order valence-electron chi connectivity index (χ1n) is 9.97. The monoisotopic (exact) mass is 495 g/mol. The molecular weight excluding hydrogens is 476 g/mol. The van der Waals surface area contributed by atoms with E-state index in [1.54, 1.807) is 10.6 Å². The molecule has 0 bridgehead atoms. The van der Waals surface area contributed by atoms with Crippen LogP contribution < -0.4 is 4.74 Å². The smallest absolute Gasteiger partial charge is 0.257 e. The van der Waals surface area contributed by atoms with E-state index >= 15 is 0 Å². The fourth-order valence-corrected chi connectivity index (χ4v) is 5.43. The molecule has 11 heteroatoms. The topological polar surface area (TPSA) is 71.8 Å². The fraction of sp³-hybridized carbons (Fsp3) is 0.227. The van der Waals surface area contributed by atoms with Gasteiger partial charge >= 0.3 is 0 Å². The Morgan fingerprint density at radius 2 is 1.70 bits per heavy atom. The van der Waals surface area contributed by atoms with Gasteiger partial charge in [-0.3, -0.25) is 4.79 Å². The summed E-state index contributed by atoms with van der Waals surface area (Å²) in [6, 6.07) is 9.18. The highest BCUT2D eigenvalue weighted by Gasteiger charge is 2.33. The molecule has 0 radical (unpaired) electrons. The van der Waals surface area contributed by atoms with Crippen LogP contribution in [0.5, 0.6) is 5.75 Å². The number of hydrogen-bond acceptors (Lipinski definition) is 4. The summed E-state index contributed by atoms with van der Waals surface area (Å²) in [6.07, 6.45) is 3.62. The van der Waals surface area contributed by atoms with E-state index < -0.39 is 26.6 Å². The average molecular weight is 496 g/mol. The van der Waals surface area contributed by atoms with Crippen LogP contribution in [-0.2, 0) is 10.0 Å². The number of aromatic nitrogens is 1. The quantitative estimate of drug-likeness (QED) is 0.542. The number of hydrogen-bond donors (Lipinski definition) is 0. The Balaban J connectivity index is 1.52. The molecule has 0 spiro atoms. The number of ether oxygens (including phenoxy) is 1. The number of piperazine rings is 1. The Morgan fingerprint density at radius 3 is 2.30 bits per heavy atom. The molecule has 1 aliphatic heterocycles. The van der Waals surface area contributed by atoms with Gasteiger partial charge in [0.2, 0.25) is 10.0 Å². The maximum atomic E-state index is 14.0. The zero-order valence-corrected chi connectivity index (χ0v) is 19.1. The van der Waals surface area contributed by atoms with Crippen LogP contribution in [0.1, 0.15) is 10.4 Å². The molecule has 4 rings (SSSR count). The van der Waals surface area contributed by atoms with E-state index in [0.29, 0.717) is 22.5 Å². The molecule has 1 fully saturated rings. The number of nitrogens with zero attached hydrogens (tertiary/aromatic N) is 3. The average Bonchev–Trinajstić information content (AvgIpc) is 3.33. The predicted octanol–water partition coefficient (Wildman–Crippen LogP) is 3.56. The lowest BCUT2D eigenvalue weighted by Gasteiger charge is -2.34. The van der Waals surface area contributed by atoms with Crippen molar-refractivity contribution in [2.24, 2.45) is 0 Å². The summed E-state index contributed by atoms with van der Waals surface area (Å²) in [4.78, 5) is 14.0. The predicted molar refractivity (Wildman–Crippen MR) is 118 cm³/mol. The fourth-order valence-electron chi connectivity index (χ4n) is 3.70. The Bertz CT molecular complexity index is 1290. The molecule has 7 nitrogen and oxygen atoms in total. The zero-order chi connectivity index (χ0) is 23.8. The second-order valence-electron chi connectivity index (χ2n) is 7.37. The molecular formula is C22H20ClF2N3O4S. The van der Waals surface area contributed by atoms with Crippen molar-refractivity contribution in [3.8, 4) is 11.4 Å². The largest absolute Gasteiger partial charge is 0.496 e. The van der Waals surface area contributed by atoms with Crippen LogP contribution in [0.4, 0.5) is 8.78 Å². The van der Waals surface area contributed by atoms with Crippen LogP contribution >= 0.6 is 11.6 Å². The third kappa shape index (κ3) is 4.46. The standard InChI is InChI=1S/C22H20ClF2N3O4S/c1-32-20-14-19(26-6-2-3-7-26)17(23)13-16(20)22(29)27-8-10-28(11-9-27)33(30,31)21-5-4-15(24)12-18(21)25/h2-7,12-14H,8-11H2,1H3. The van der Waals surface area contributed by atoms with Crippen molar-refractivity contribution >= 4 is 27.5 Å². The van der Waals surface area contributed by atoms with Gasteiger partial charge in [0.1, 0.15) is 22.3 Å². The molecule has 0 N–H and O–H groups in total. The summed E-state index contributed by atoms with van der Waals surface area (Å²) in [5.41, 5.74) is 0.895. The molecule has 3 aromatic rings. The number of halogens is 3. The van der Waals surface area contributed by atoms with E-state index in [1.165, 1.54) is 18.1 Å². The second kappa shape index (κ2) is 9.12. The third-order valence-corrected chi connectivity index (χ3v) is 7.65. The number of carbonyl (C=O) groups excluding carboxylic acids is 1. The first-order chi connectivity index (χ1) is 15.7. The number of carbonyl (C=O) groups is 1. The molecule has 0 unspecified atom stereocenters. The summed E-state index contributed by atoms with van der Waals surface area (Å²) < 4.78 is 61.0. The van der Waals surface area contributed by atoms with Crippen molar-refractivity contribution < 1.29 is 26.7 Å². The highest BCUT2D eigenvalue weighted by atomic mass is 35.5. The van der Waals surface area contributed by atoms with Crippen molar-refractivity contribution in [1.82, 2.24) is 13.8 Å². The number of benzene rings is 2. The summed E-state index contributed by atoms with van der Waals surface area (Å²) in [5, 5.41) is 0.350. The van der Waals surface area contributed by atoms with Crippen LogP contribution in [-0.4, -0.2) is 61.4 Å². The molecule has 1 aromatic heterocycles. The minimum atomic E-state index is -4.17. The molecule has 33 heavy (non-hydrogen) atoms. The van der Waals surface area contributed by atoms with Gasteiger partial charge < -0.3 is 14.2 Å². The maximum Gasteiger partial charge on any atom is 0.257 e. The lowest BCUT2D eigenvalue weighted by molar-refractivity contribution is 0.0694. The SMILES string of the molecule is COc1cc(-n2cccc2)c(Cl)cc1C(=O)N1CCN(S(=O)(=O)c2ccc(F)cc2F)CC1. The van der Waals surface area contributed by atoms with Crippen LogP contribution in [0, 0.1) is 11.6 Å². The van der Waals surface area contributed by atoms with Crippen LogP contribution in [0.25, 0.3) is 5.69 Å². The minimum absolute atomic E-state index is 0.0393. The first-order valence-corrected chi connectivity index (χ1v) is 11.8. The summed E-state index contributed by atoms with van der Waals surface area (Å²) in [5.74, 6) is -2.05. The second-order valence-corrected chi connectivity index (χ2v) is 9.68. The lowest BCUT2D eigenvalue weighted by atomic mass is 10.1. The van der Waals surface area contributed by atoms with E-state index in [-0.39, 0.29) is 37.6 Å². The molecule has 1 amide bonds. The zero-order valence-electron chi connectivity index (χ0n) is 17.5. The van der Waals surface area contributed by atoms with E-state index in [2.05, 4.69) is 0 Å². The molecule has 174 valence electrons. The Kier molecular flexibility index (Phi) is 6.42. The molecule has 2 heterocycles. The van der Waals surface area contributed by atoms with Crippen molar-refractivity contribution in [3.05, 3.63) is 77.1 Å². The van der Waals surface area contributed by atoms with Gasteiger partial charge in [0.15, 0.2) is 0 Å². The molecule has 2 aromatic carbocycles. The molecule has 1 saturated heterocycles. The van der Waals surface area contributed by atoms with Gasteiger partial charge in [0.05, 0.1) is 23.4 Å². The molecule has 0 saturated carbocycles. The number of sulfonamides is 1. The van der Waals surface area contributed by atoms with Gasteiger partial charge in [-0.15, -0.1) is 0 Å². The van der Waals surface area contributed by atoms with Crippen molar-refractivity contribution in [1.29, 1.82) is 0 Å². The van der Waals surface area contributed by atoms with Crippen molar-refractivity contribution in [3.63, 3.8) is 0 Å². The number of amides is 1. The summed E-state index contributed by atoms with van der Waals surface area (Å²) in [6.45, 7) is 0.0901.